The average Bonchev–Trinajstić information content (AvgIpc) is 0.918. The number of rotatable bonds is 0. The van der Waals surface area contributed by atoms with Crippen molar-refractivity contribution in [1.29, 1.82) is 0 Å². The van der Waals surface area contributed by atoms with Gasteiger partial charge in [-0.1, -0.05) is 0 Å². The Morgan fingerprint density at radius 1 is 1.60 bits per heavy atom. The Labute approximate surface area is 55.6 Å². The molecule has 0 unspecified atom stereocenters. The molecule has 0 spiro atoms. The van der Waals surface area contributed by atoms with Crippen molar-refractivity contribution in [2.45, 2.75) is 0 Å². The molecule has 0 atom stereocenters. The monoisotopic (exact) mass is 148 g/mol. The van der Waals surface area contributed by atoms with Crippen molar-refractivity contribution in [2.75, 3.05) is 0 Å². The van der Waals surface area contributed by atoms with Crippen LogP contribution in [0.5, 0.6) is 0 Å². The second kappa shape index (κ2) is 24.4. The molecule has 0 saturated carbocycles. The molecule has 0 saturated heterocycles. The molecule has 0 heterocycles. The third kappa shape index (κ3) is 111. The van der Waals surface area contributed by atoms with Crippen molar-refractivity contribution in [2.24, 2.45) is 5.34 Å². The Balaban J connectivity index is -0.0000000200. The third-order valence-electron chi connectivity index (χ3n) is 0. The van der Waals surface area contributed by atoms with Gasteiger partial charge in [-0.3, -0.25) is 0 Å². The van der Waals surface area contributed by atoms with Crippen LogP contribution in [0.1, 0.15) is 0 Å². The first-order chi connectivity index (χ1) is 1.41. The molecule has 0 amide bonds. The molecule has 5 heavy (non-hydrogen) atoms. The molecule has 3 radical (unpaired) electrons. The van der Waals surface area contributed by atoms with Crippen molar-refractivity contribution in [1.82, 2.24) is 0 Å². The maximum absolute atomic E-state index is 8.00. The van der Waals surface area contributed by atoms with Gasteiger partial charge in [-0.2, -0.15) is 0 Å². The second-order valence-corrected chi connectivity index (χ2v) is 0.0745. The first kappa shape index (κ1) is 17.8. The molecule has 0 N–H and O–H groups in total. The quantitative estimate of drug-likeness (QED) is 0.284. The molecule has 0 bridgehead atoms. The van der Waals surface area contributed by atoms with Crippen LogP contribution in [-0.4, -0.2) is 0 Å². The summed E-state index contributed by atoms with van der Waals surface area (Å²) in [7, 11) is 0. The van der Waals surface area contributed by atoms with Crippen LogP contribution in [0.2, 0.25) is 0 Å². The molecule has 4 heteroatoms. The Kier molecular flexibility index (Phi) is 87.1. The predicted octanol–water partition coefficient (Wildman–Crippen LogP) is 0.452. The summed E-state index contributed by atoms with van der Waals surface area (Å²) in [6.07, 6.45) is 0. The fourth-order valence-corrected chi connectivity index (χ4v) is 0. The van der Waals surface area contributed by atoms with E-state index in [1.807, 2.05) is 0 Å². The van der Waals surface area contributed by atoms with Crippen LogP contribution in [0.25, 0.3) is 0 Å². The molecule has 0 aliphatic rings. The minimum absolute atomic E-state index is 0. The fourth-order valence-electron chi connectivity index (χ4n) is 0. The zero-order valence-electron chi connectivity index (χ0n) is 2.42. The van der Waals surface area contributed by atoms with Gasteiger partial charge in [0.15, 0.2) is 0 Å². The van der Waals surface area contributed by atoms with Crippen molar-refractivity contribution in [3.05, 3.63) is 17.5 Å². The Hall–Kier alpha value is 0.504. The first-order valence-corrected chi connectivity index (χ1v) is 0.365. The van der Waals surface area contributed by atoms with Gasteiger partial charge < -0.3 is 17.5 Å². The van der Waals surface area contributed by atoms with Gasteiger partial charge in [0.05, 0.1) is 0 Å². The second-order valence-electron chi connectivity index (χ2n) is 0.0745. The van der Waals surface area contributed by atoms with Gasteiger partial charge >= 0.3 is 0 Å². The van der Waals surface area contributed by atoms with Gasteiger partial charge in [-0.25, -0.2) is 0 Å². The van der Waals surface area contributed by atoms with Gasteiger partial charge in [-0.15, -0.1) is 5.34 Å². The topological polar surface area (TPSA) is 52.5 Å². The van der Waals surface area contributed by atoms with E-state index < -0.39 is 0 Å². The molecule has 0 fully saturated rings. The summed E-state index contributed by atoms with van der Waals surface area (Å²) in [6.45, 7) is 0. The van der Waals surface area contributed by atoms with Crippen LogP contribution < -0.4 is 0 Å². The van der Waals surface area contributed by atoms with Crippen molar-refractivity contribution < 1.29 is 32.7 Å². The summed E-state index contributed by atoms with van der Waals surface area (Å²) in [5.74, 6) is 0. The summed E-state index contributed by atoms with van der Waals surface area (Å²) < 4.78 is 0. The van der Waals surface area contributed by atoms with Crippen LogP contribution in [0.15, 0.2) is 5.34 Å². The van der Waals surface area contributed by atoms with Crippen LogP contribution >= 0.6 is 0 Å². The minimum atomic E-state index is 0. The normalized spacial score (nSPS) is 2.40. The summed E-state index contributed by atoms with van der Waals surface area (Å²) in [5.41, 5.74) is 0. The zero-order valence-corrected chi connectivity index (χ0v) is 5.26. The van der Waals surface area contributed by atoms with Crippen molar-refractivity contribution in [3.63, 3.8) is 0 Å². The SMILES string of the molecule is O=N[O-].[CH-].[Y]. The molecule has 0 aromatic carbocycles. The van der Waals surface area contributed by atoms with E-state index in [-0.39, 0.29) is 40.1 Å². The maximum Gasteiger partial charge on any atom is 0 e. The van der Waals surface area contributed by atoms with E-state index in [0.29, 0.717) is 0 Å². The summed E-state index contributed by atoms with van der Waals surface area (Å²) >= 11 is 0. The predicted molar refractivity (Wildman–Crippen MR) is 13.5 cm³/mol. The fraction of sp³-hybridized carbons (Fsp3) is 0. The molecule has 0 aliphatic heterocycles. The Morgan fingerprint density at radius 3 is 1.60 bits per heavy atom. The molecule has 0 rings (SSSR count). The number of hydrogen-bond acceptors (Lipinski definition) is 3. The number of hydrogen-bond donors (Lipinski definition) is 0. The van der Waals surface area contributed by atoms with E-state index in [2.05, 4.69) is 0 Å². The van der Waals surface area contributed by atoms with E-state index in [1.54, 1.807) is 0 Å². The van der Waals surface area contributed by atoms with Crippen molar-refractivity contribution >= 4 is 0 Å². The van der Waals surface area contributed by atoms with Crippen LogP contribution in [0, 0.1) is 17.5 Å². The van der Waals surface area contributed by atoms with E-state index in [1.165, 1.54) is 0 Å². The van der Waals surface area contributed by atoms with E-state index in [4.69, 9.17) is 10.1 Å². The van der Waals surface area contributed by atoms with Gasteiger partial charge in [0, 0.05) is 32.7 Å². The van der Waals surface area contributed by atoms with Crippen LogP contribution in [0.4, 0.5) is 0 Å². The smallest absolute Gasteiger partial charge is 0 e. The minimum Gasteiger partial charge on any atom is -0.726 e. The first-order valence-electron chi connectivity index (χ1n) is 0.365. The van der Waals surface area contributed by atoms with Crippen molar-refractivity contribution in [3.8, 4) is 0 Å². The van der Waals surface area contributed by atoms with Gasteiger partial charge in [0.25, 0.3) is 0 Å². The largest absolute Gasteiger partial charge is 0.726 e. The zero-order chi connectivity index (χ0) is 2.71. The van der Waals surface area contributed by atoms with E-state index >= 15 is 0 Å². The molecule has 0 aromatic rings. The van der Waals surface area contributed by atoms with Crippen LogP contribution in [0.3, 0.4) is 0 Å². The molecular weight excluding hydrogens is 147 g/mol. The Morgan fingerprint density at radius 2 is 1.60 bits per heavy atom. The Bertz CT molecular complexity index is 17.1. The van der Waals surface area contributed by atoms with Gasteiger partial charge in [0.1, 0.15) is 0 Å². The average molecular weight is 148 g/mol. The summed E-state index contributed by atoms with van der Waals surface area (Å²) in [5, 5.41) is 9.00. The molecule has 27 valence electrons. The van der Waals surface area contributed by atoms with E-state index in [9.17, 15) is 0 Å². The molecule has 0 aromatic heterocycles. The summed E-state index contributed by atoms with van der Waals surface area (Å²) in [4.78, 5) is 8.00. The van der Waals surface area contributed by atoms with Gasteiger partial charge in [0.2, 0.25) is 0 Å². The van der Waals surface area contributed by atoms with Crippen LogP contribution in [-0.2, 0) is 32.7 Å². The summed E-state index contributed by atoms with van der Waals surface area (Å²) in [6, 6.07) is 0. The van der Waals surface area contributed by atoms with Gasteiger partial charge in [-0.05, 0) is 0 Å². The molecule has 3 nitrogen and oxygen atoms in total. The van der Waals surface area contributed by atoms with E-state index in [0.717, 1.165) is 5.34 Å². The molecule has 0 aliphatic carbocycles. The molecular formula is CHNO2Y-2. The third-order valence-corrected chi connectivity index (χ3v) is 0. The number of nitrogens with zero attached hydrogens (tertiary/aromatic N) is 1. The maximum atomic E-state index is 8.00. The standard InChI is InChI=1S/CH.HNO2.Y/c;2-1-3;/h1H;(H,2,3);/q-1;;/p-1.